The van der Waals surface area contributed by atoms with E-state index in [1.54, 1.807) is 0 Å². The van der Waals surface area contributed by atoms with Gasteiger partial charge in [0.05, 0.1) is 24.2 Å². The first-order valence-electron chi connectivity index (χ1n) is 13.2. The van der Waals surface area contributed by atoms with Crippen LogP contribution < -0.4 is 0 Å². The van der Waals surface area contributed by atoms with Gasteiger partial charge in [-0.25, -0.2) is 0 Å². The molecular weight excluding hydrogens is 354 g/mol. The van der Waals surface area contributed by atoms with Crippen molar-refractivity contribution in [3.8, 4) is 6.07 Å². The van der Waals surface area contributed by atoms with Gasteiger partial charge in [-0.05, 0) is 63.2 Å². The van der Waals surface area contributed by atoms with Crippen LogP contribution in [0.2, 0.25) is 0 Å². The summed E-state index contributed by atoms with van der Waals surface area (Å²) >= 11 is 0. The molecule has 0 spiro atoms. The van der Waals surface area contributed by atoms with E-state index in [0.29, 0.717) is 12.7 Å². The van der Waals surface area contributed by atoms with Gasteiger partial charge in [-0.2, -0.15) is 5.26 Å². The fourth-order valence-electron chi connectivity index (χ4n) is 5.57. The molecular formula is C27H49NO. The molecule has 0 N–H and O–H groups in total. The van der Waals surface area contributed by atoms with Gasteiger partial charge < -0.3 is 4.74 Å². The lowest BCUT2D eigenvalue weighted by Gasteiger charge is -2.37. The smallest absolute Gasteiger partial charge is 0.0807 e. The van der Waals surface area contributed by atoms with Crippen LogP contribution >= 0.6 is 0 Å². The zero-order valence-electron chi connectivity index (χ0n) is 19.7. The lowest BCUT2D eigenvalue weighted by atomic mass is 9.70. The molecule has 0 bridgehead atoms. The first-order valence-corrected chi connectivity index (χ1v) is 13.2. The van der Waals surface area contributed by atoms with Crippen molar-refractivity contribution in [3.05, 3.63) is 0 Å². The molecule has 29 heavy (non-hydrogen) atoms. The fourth-order valence-corrected chi connectivity index (χ4v) is 5.57. The van der Waals surface area contributed by atoms with Crippen LogP contribution in [0, 0.1) is 28.6 Å². The molecule has 168 valence electrons. The van der Waals surface area contributed by atoms with E-state index in [1.165, 1.54) is 109 Å². The van der Waals surface area contributed by atoms with E-state index in [0.717, 1.165) is 24.7 Å². The molecule has 2 saturated carbocycles. The Morgan fingerprint density at radius 2 is 1.24 bits per heavy atom. The second-order valence-electron chi connectivity index (χ2n) is 10.3. The van der Waals surface area contributed by atoms with Crippen LogP contribution in [-0.2, 0) is 4.74 Å². The summed E-state index contributed by atoms with van der Waals surface area (Å²) in [6.07, 6.45) is 25.5. The van der Waals surface area contributed by atoms with E-state index >= 15 is 0 Å². The molecule has 0 saturated heterocycles. The number of nitriles is 1. The van der Waals surface area contributed by atoms with Gasteiger partial charge >= 0.3 is 0 Å². The highest BCUT2D eigenvalue weighted by Gasteiger charge is 2.36. The van der Waals surface area contributed by atoms with Crippen molar-refractivity contribution in [1.29, 1.82) is 5.26 Å². The van der Waals surface area contributed by atoms with Crippen LogP contribution in [0.5, 0.6) is 0 Å². The average molecular weight is 404 g/mol. The van der Waals surface area contributed by atoms with Crippen molar-refractivity contribution in [1.82, 2.24) is 0 Å². The molecule has 0 atom stereocenters. The molecule has 2 rings (SSSR count). The Labute approximate surface area is 182 Å². The Morgan fingerprint density at radius 3 is 1.79 bits per heavy atom. The van der Waals surface area contributed by atoms with Gasteiger partial charge in [-0.3, -0.25) is 0 Å². The third-order valence-electron chi connectivity index (χ3n) is 7.87. The molecule has 0 radical (unpaired) electrons. The molecule has 0 amide bonds. The lowest BCUT2D eigenvalue weighted by Crippen LogP contribution is -2.34. The third kappa shape index (κ3) is 9.42. The maximum atomic E-state index is 9.87. The van der Waals surface area contributed by atoms with Crippen molar-refractivity contribution in [2.24, 2.45) is 17.3 Å². The number of nitrogens with zero attached hydrogens (tertiary/aromatic N) is 1. The molecule has 0 aliphatic heterocycles. The predicted octanol–water partition coefficient (Wildman–Crippen LogP) is 8.59. The SMILES string of the molecule is CCCCCCC[C@H]1CC[C@H](OC[C@]2(C#N)CC[C@H](CCCCCC)CC2)CC1. The van der Waals surface area contributed by atoms with Crippen LogP contribution in [0.4, 0.5) is 0 Å². The molecule has 0 aromatic carbocycles. The summed E-state index contributed by atoms with van der Waals surface area (Å²) < 4.78 is 6.35. The number of rotatable bonds is 14. The third-order valence-corrected chi connectivity index (χ3v) is 7.87. The Balaban J connectivity index is 1.58. The quantitative estimate of drug-likeness (QED) is 0.272. The summed E-state index contributed by atoms with van der Waals surface area (Å²) in [5.74, 6) is 1.80. The van der Waals surface area contributed by atoms with Gasteiger partial charge in [0.25, 0.3) is 0 Å². The number of hydrogen-bond acceptors (Lipinski definition) is 2. The van der Waals surface area contributed by atoms with Crippen LogP contribution in [0.15, 0.2) is 0 Å². The molecule has 2 aliphatic carbocycles. The van der Waals surface area contributed by atoms with E-state index in [1.807, 2.05) is 0 Å². The average Bonchev–Trinajstić information content (AvgIpc) is 2.77. The Bertz CT molecular complexity index is 438. The highest BCUT2D eigenvalue weighted by Crippen LogP contribution is 2.41. The van der Waals surface area contributed by atoms with Crippen molar-refractivity contribution >= 4 is 0 Å². The summed E-state index contributed by atoms with van der Waals surface area (Å²) in [5.41, 5.74) is -0.184. The van der Waals surface area contributed by atoms with Gasteiger partial charge in [0.2, 0.25) is 0 Å². The van der Waals surface area contributed by atoms with Gasteiger partial charge in [0.15, 0.2) is 0 Å². The second kappa shape index (κ2) is 14.5. The van der Waals surface area contributed by atoms with Crippen molar-refractivity contribution in [2.75, 3.05) is 6.61 Å². The number of ether oxygens (including phenoxy) is 1. The minimum Gasteiger partial charge on any atom is -0.377 e. The largest absolute Gasteiger partial charge is 0.377 e. The van der Waals surface area contributed by atoms with E-state index in [9.17, 15) is 5.26 Å². The van der Waals surface area contributed by atoms with E-state index in [4.69, 9.17) is 4.74 Å². The Hall–Kier alpha value is -0.550. The molecule has 2 heteroatoms. The van der Waals surface area contributed by atoms with Gasteiger partial charge in [-0.15, -0.1) is 0 Å². The predicted molar refractivity (Wildman–Crippen MR) is 124 cm³/mol. The van der Waals surface area contributed by atoms with Crippen LogP contribution in [0.25, 0.3) is 0 Å². The summed E-state index contributed by atoms with van der Waals surface area (Å²) in [7, 11) is 0. The molecule has 2 aliphatic rings. The standard InChI is InChI=1S/C27H49NO/c1-3-5-7-9-11-12-24-14-16-26(17-15-24)29-23-27(22-28)20-18-25(19-21-27)13-10-8-6-4-2/h24-26H,3-21,23H2,1-2H3/t24-,25-,26-,27+. The molecule has 2 fully saturated rings. The molecule has 2 nitrogen and oxygen atoms in total. The molecule has 0 aromatic rings. The van der Waals surface area contributed by atoms with Gasteiger partial charge in [0.1, 0.15) is 0 Å². The molecule has 0 aromatic heterocycles. The zero-order valence-corrected chi connectivity index (χ0v) is 19.7. The molecule has 0 heterocycles. The minimum absolute atomic E-state index is 0.184. The monoisotopic (exact) mass is 403 g/mol. The van der Waals surface area contributed by atoms with Gasteiger partial charge in [-0.1, -0.05) is 84.5 Å². The fraction of sp³-hybridized carbons (Fsp3) is 0.963. The van der Waals surface area contributed by atoms with Crippen LogP contribution in [-0.4, -0.2) is 12.7 Å². The molecule has 0 unspecified atom stereocenters. The van der Waals surface area contributed by atoms with Crippen LogP contribution in [0.3, 0.4) is 0 Å². The maximum absolute atomic E-state index is 9.87. The van der Waals surface area contributed by atoms with E-state index < -0.39 is 0 Å². The summed E-state index contributed by atoms with van der Waals surface area (Å²) in [6.45, 7) is 5.26. The van der Waals surface area contributed by atoms with Crippen molar-refractivity contribution in [2.45, 2.75) is 142 Å². The maximum Gasteiger partial charge on any atom is 0.0807 e. The van der Waals surface area contributed by atoms with Crippen LogP contribution in [0.1, 0.15) is 136 Å². The topological polar surface area (TPSA) is 33.0 Å². The highest BCUT2D eigenvalue weighted by atomic mass is 16.5. The number of hydrogen-bond donors (Lipinski definition) is 0. The second-order valence-corrected chi connectivity index (χ2v) is 10.3. The zero-order chi connectivity index (χ0) is 20.8. The Morgan fingerprint density at radius 1 is 0.724 bits per heavy atom. The summed E-state index contributed by atoms with van der Waals surface area (Å²) in [5, 5.41) is 9.87. The number of unbranched alkanes of at least 4 members (excludes halogenated alkanes) is 7. The van der Waals surface area contributed by atoms with Gasteiger partial charge in [0, 0.05) is 0 Å². The first kappa shape index (κ1) is 24.7. The van der Waals surface area contributed by atoms with Crippen molar-refractivity contribution in [3.63, 3.8) is 0 Å². The first-order chi connectivity index (χ1) is 14.2. The Kier molecular flexibility index (Phi) is 12.3. The lowest BCUT2D eigenvalue weighted by molar-refractivity contribution is -0.0300. The summed E-state index contributed by atoms with van der Waals surface area (Å²) in [6, 6.07) is 2.68. The van der Waals surface area contributed by atoms with E-state index in [2.05, 4.69) is 19.9 Å². The highest BCUT2D eigenvalue weighted by molar-refractivity contribution is 5.02. The van der Waals surface area contributed by atoms with E-state index in [-0.39, 0.29) is 5.41 Å². The summed E-state index contributed by atoms with van der Waals surface area (Å²) in [4.78, 5) is 0. The normalized spacial score (nSPS) is 30.2. The minimum atomic E-state index is -0.184. The van der Waals surface area contributed by atoms with Crippen molar-refractivity contribution < 1.29 is 4.74 Å².